The molecule has 1 aromatic heterocycles. The molecule has 0 unspecified atom stereocenters. The van der Waals surface area contributed by atoms with Crippen LogP contribution in [0.2, 0.25) is 0 Å². The zero-order chi connectivity index (χ0) is 7.82. The molecule has 0 aliphatic heterocycles. The van der Waals surface area contributed by atoms with Gasteiger partial charge in [0.1, 0.15) is 0 Å². The standard InChI is InChI=1S/C6H7NO.C2H6/c1-8-6-4-2-3-5-7-6;1-2/h2-5H,1H3;1-2H3. The van der Waals surface area contributed by atoms with Gasteiger partial charge in [-0.3, -0.25) is 0 Å². The molecule has 1 rings (SSSR count). The second-order valence-electron chi connectivity index (χ2n) is 1.37. The Morgan fingerprint density at radius 1 is 1.30 bits per heavy atom. The van der Waals surface area contributed by atoms with E-state index in [1.165, 1.54) is 0 Å². The number of nitrogens with zero attached hydrogens (tertiary/aromatic N) is 1. The Morgan fingerprint density at radius 2 is 2.00 bits per heavy atom. The van der Waals surface area contributed by atoms with Crippen LogP contribution in [0.15, 0.2) is 24.4 Å². The molecule has 10 heavy (non-hydrogen) atoms. The van der Waals surface area contributed by atoms with E-state index in [2.05, 4.69) is 4.98 Å². The van der Waals surface area contributed by atoms with Crippen molar-refractivity contribution < 1.29 is 4.74 Å². The molecule has 0 atom stereocenters. The van der Waals surface area contributed by atoms with Gasteiger partial charge < -0.3 is 4.74 Å². The Morgan fingerprint density at radius 3 is 2.30 bits per heavy atom. The number of aromatic nitrogens is 1. The monoisotopic (exact) mass is 139 g/mol. The molecular weight excluding hydrogens is 126 g/mol. The van der Waals surface area contributed by atoms with Crippen LogP contribution in [-0.2, 0) is 0 Å². The van der Waals surface area contributed by atoms with Crippen molar-refractivity contribution in [3.63, 3.8) is 0 Å². The number of methoxy groups -OCH3 is 1. The van der Waals surface area contributed by atoms with Gasteiger partial charge in [-0.25, -0.2) is 4.98 Å². The van der Waals surface area contributed by atoms with Gasteiger partial charge in [0, 0.05) is 12.3 Å². The van der Waals surface area contributed by atoms with Crippen molar-refractivity contribution in [1.82, 2.24) is 4.98 Å². The highest BCUT2D eigenvalue weighted by Crippen LogP contribution is 1.99. The van der Waals surface area contributed by atoms with E-state index in [0.717, 1.165) is 0 Å². The minimum Gasteiger partial charge on any atom is -0.481 e. The van der Waals surface area contributed by atoms with Crippen molar-refractivity contribution in [1.29, 1.82) is 0 Å². The summed E-state index contributed by atoms with van der Waals surface area (Å²) in [7, 11) is 1.60. The van der Waals surface area contributed by atoms with Gasteiger partial charge in [-0.2, -0.15) is 0 Å². The molecule has 0 spiro atoms. The quantitative estimate of drug-likeness (QED) is 0.594. The van der Waals surface area contributed by atoms with E-state index in [0.29, 0.717) is 5.88 Å². The molecule has 0 saturated carbocycles. The van der Waals surface area contributed by atoms with Crippen molar-refractivity contribution in [3.05, 3.63) is 24.4 Å². The van der Waals surface area contributed by atoms with E-state index < -0.39 is 0 Å². The molecule has 56 valence electrons. The third-order valence-electron chi connectivity index (χ3n) is 0.847. The molecule has 2 heteroatoms. The first kappa shape index (κ1) is 8.95. The lowest BCUT2D eigenvalue weighted by Crippen LogP contribution is -1.83. The topological polar surface area (TPSA) is 22.1 Å². The van der Waals surface area contributed by atoms with E-state index in [-0.39, 0.29) is 0 Å². The maximum atomic E-state index is 4.80. The number of rotatable bonds is 1. The van der Waals surface area contributed by atoms with Crippen molar-refractivity contribution in [2.45, 2.75) is 13.8 Å². The van der Waals surface area contributed by atoms with Crippen LogP contribution in [-0.4, -0.2) is 12.1 Å². The summed E-state index contributed by atoms with van der Waals surface area (Å²) in [4.78, 5) is 3.88. The summed E-state index contributed by atoms with van der Waals surface area (Å²) in [5.41, 5.74) is 0. The van der Waals surface area contributed by atoms with E-state index in [1.807, 2.05) is 26.0 Å². The predicted molar refractivity (Wildman–Crippen MR) is 42.1 cm³/mol. The number of hydrogen-bond acceptors (Lipinski definition) is 2. The highest BCUT2D eigenvalue weighted by atomic mass is 16.5. The van der Waals surface area contributed by atoms with Crippen LogP contribution in [0, 0.1) is 0 Å². The fourth-order valence-electron chi connectivity index (χ4n) is 0.468. The lowest BCUT2D eigenvalue weighted by atomic mass is 10.5. The van der Waals surface area contributed by atoms with E-state index in [4.69, 9.17) is 4.74 Å². The van der Waals surface area contributed by atoms with Crippen LogP contribution in [0.25, 0.3) is 0 Å². The second kappa shape index (κ2) is 6.08. The minimum absolute atomic E-state index is 0.660. The smallest absolute Gasteiger partial charge is 0.212 e. The van der Waals surface area contributed by atoms with Gasteiger partial charge in [0.25, 0.3) is 0 Å². The average Bonchev–Trinajstić information content (AvgIpc) is 2.10. The van der Waals surface area contributed by atoms with Crippen LogP contribution in [0.3, 0.4) is 0 Å². The highest BCUT2D eigenvalue weighted by molar-refractivity contribution is 5.08. The molecule has 0 radical (unpaired) electrons. The molecule has 1 aromatic rings. The summed E-state index contributed by atoms with van der Waals surface area (Å²) >= 11 is 0. The van der Waals surface area contributed by atoms with Crippen LogP contribution in [0.4, 0.5) is 0 Å². The van der Waals surface area contributed by atoms with E-state index in [9.17, 15) is 0 Å². The summed E-state index contributed by atoms with van der Waals surface area (Å²) < 4.78 is 4.80. The third kappa shape index (κ3) is 3.07. The summed E-state index contributed by atoms with van der Waals surface area (Å²) in [5.74, 6) is 0.660. The van der Waals surface area contributed by atoms with Gasteiger partial charge in [-0.15, -0.1) is 0 Å². The molecule has 2 nitrogen and oxygen atoms in total. The molecule has 0 aliphatic carbocycles. The maximum Gasteiger partial charge on any atom is 0.212 e. The van der Waals surface area contributed by atoms with Gasteiger partial charge in [0.15, 0.2) is 0 Å². The first-order chi connectivity index (χ1) is 4.93. The largest absolute Gasteiger partial charge is 0.481 e. The zero-order valence-electron chi connectivity index (χ0n) is 6.66. The summed E-state index contributed by atoms with van der Waals surface area (Å²) in [6.45, 7) is 4.00. The van der Waals surface area contributed by atoms with Crippen LogP contribution >= 0.6 is 0 Å². The van der Waals surface area contributed by atoms with Gasteiger partial charge in [0.2, 0.25) is 5.88 Å². The Kier molecular flexibility index (Phi) is 5.44. The lowest BCUT2D eigenvalue weighted by molar-refractivity contribution is 0.398. The Hall–Kier alpha value is -1.05. The molecule has 0 aliphatic rings. The Labute approximate surface area is 61.9 Å². The molecule has 0 aromatic carbocycles. The highest BCUT2D eigenvalue weighted by Gasteiger charge is 1.82. The molecule has 1 heterocycles. The van der Waals surface area contributed by atoms with E-state index in [1.54, 1.807) is 19.4 Å². The van der Waals surface area contributed by atoms with Crippen molar-refractivity contribution in [2.75, 3.05) is 7.11 Å². The minimum atomic E-state index is 0.660. The molecule has 0 saturated heterocycles. The first-order valence-corrected chi connectivity index (χ1v) is 3.38. The number of pyridine rings is 1. The predicted octanol–water partition coefficient (Wildman–Crippen LogP) is 2.12. The van der Waals surface area contributed by atoms with Crippen LogP contribution < -0.4 is 4.74 Å². The summed E-state index contributed by atoms with van der Waals surface area (Å²) in [5, 5.41) is 0. The summed E-state index contributed by atoms with van der Waals surface area (Å²) in [6, 6.07) is 5.54. The maximum absolute atomic E-state index is 4.80. The Balaban J connectivity index is 0.000000371. The molecule has 0 fully saturated rings. The number of hydrogen-bond donors (Lipinski definition) is 0. The third-order valence-corrected chi connectivity index (χ3v) is 0.847. The molecule has 0 amide bonds. The molecule has 0 N–H and O–H groups in total. The van der Waals surface area contributed by atoms with Crippen molar-refractivity contribution >= 4 is 0 Å². The lowest BCUT2D eigenvalue weighted by Gasteiger charge is -1.92. The van der Waals surface area contributed by atoms with Gasteiger partial charge in [0.05, 0.1) is 7.11 Å². The van der Waals surface area contributed by atoms with Crippen molar-refractivity contribution in [2.24, 2.45) is 0 Å². The zero-order valence-corrected chi connectivity index (χ0v) is 6.66. The van der Waals surface area contributed by atoms with Crippen LogP contribution in [0.5, 0.6) is 5.88 Å². The van der Waals surface area contributed by atoms with Crippen molar-refractivity contribution in [3.8, 4) is 5.88 Å². The van der Waals surface area contributed by atoms with Gasteiger partial charge >= 0.3 is 0 Å². The first-order valence-electron chi connectivity index (χ1n) is 3.38. The number of ether oxygens (including phenoxy) is 1. The fourth-order valence-corrected chi connectivity index (χ4v) is 0.468. The SMILES string of the molecule is CC.COc1ccccn1. The molecular formula is C8H13NO. The Bertz CT molecular complexity index is 151. The molecule has 0 bridgehead atoms. The average molecular weight is 139 g/mol. The summed E-state index contributed by atoms with van der Waals surface area (Å²) in [6.07, 6.45) is 1.69. The fraction of sp³-hybridized carbons (Fsp3) is 0.375. The normalized spacial score (nSPS) is 7.50. The van der Waals surface area contributed by atoms with Gasteiger partial charge in [-0.1, -0.05) is 19.9 Å². The second-order valence-corrected chi connectivity index (χ2v) is 1.37. The van der Waals surface area contributed by atoms with Crippen LogP contribution in [0.1, 0.15) is 13.8 Å². The van der Waals surface area contributed by atoms with E-state index >= 15 is 0 Å². The van der Waals surface area contributed by atoms with Gasteiger partial charge in [-0.05, 0) is 6.07 Å².